The fourth-order valence-electron chi connectivity index (χ4n) is 3.46. The van der Waals surface area contributed by atoms with E-state index in [-0.39, 0.29) is 16.3 Å². The summed E-state index contributed by atoms with van der Waals surface area (Å²) >= 11 is 0. The van der Waals surface area contributed by atoms with Crippen LogP contribution in [0.3, 0.4) is 0 Å². The van der Waals surface area contributed by atoms with Gasteiger partial charge in [0.25, 0.3) is 15.7 Å². The number of nitro groups is 1. The summed E-state index contributed by atoms with van der Waals surface area (Å²) in [5, 5.41) is 14.2. The molecule has 178 valence electrons. The Kier molecular flexibility index (Phi) is 7.21. The molecule has 0 spiro atoms. The van der Waals surface area contributed by atoms with Crippen LogP contribution in [0.1, 0.15) is 16.7 Å². The van der Waals surface area contributed by atoms with Crippen molar-refractivity contribution in [1.29, 1.82) is 0 Å². The van der Waals surface area contributed by atoms with E-state index in [1.807, 2.05) is 32.0 Å². The summed E-state index contributed by atoms with van der Waals surface area (Å²) < 4.78 is 33.2. The van der Waals surface area contributed by atoms with E-state index in [2.05, 4.69) is 5.32 Å². The van der Waals surface area contributed by atoms with Gasteiger partial charge in [0.05, 0.1) is 22.6 Å². The first-order valence-corrected chi connectivity index (χ1v) is 11.8. The molecule has 0 atom stereocenters. The third-order valence-corrected chi connectivity index (χ3v) is 7.13. The number of rotatable bonds is 8. The summed E-state index contributed by atoms with van der Waals surface area (Å²) in [4.78, 5) is 23.4. The highest BCUT2D eigenvalue weighted by Crippen LogP contribution is 2.29. The molecule has 0 radical (unpaired) electrons. The van der Waals surface area contributed by atoms with Gasteiger partial charge in [-0.05, 0) is 62.2 Å². The lowest BCUT2D eigenvalue weighted by molar-refractivity contribution is -0.385. The van der Waals surface area contributed by atoms with Crippen LogP contribution in [0.2, 0.25) is 0 Å². The van der Waals surface area contributed by atoms with Crippen LogP contribution < -0.4 is 14.4 Å². The molecule has 0 unspecified atom stereocenters. The van der Waals surface area contributed by atoms with Crippen LogP contribution in [0.5, 0.6) is 5.75 Å². The first kappa shape index (κ1) is 24.7. The smallest absolute Gasteiger partial charge is 0.273 e. The van der Waals surface area contributed by atoms with Gasteiger partial charge in [0.2, 0.25) is 5.91 Å². The normalized spacial score (nSPS) is 11.1. The van der Waals surface area contributed by atoms with Crippen LogP contribution >= 0.6 is 0 Å². The standard InChI is InChI=1S/C24H25N3O6S/c1-16-8-13-21(14-22(16)27(29)30)34(31,32)26(19-9-11-20(33-4)12-10-19)15-23(28)25-24-17(2)6-5-7-18(24)3/h5-14H,15H2,1-4H3,(H,25,28). The minimum Gasteiger partial charge on any atom is -0.497 e. The van der Waals surface area contributed by atoms with Gasteiger partial charge < -0.3 is 10.1 Å². The summed E-state index contributed by atoms with van der Waals surface area (Å²) in [5.74, 6) is -0.0505. The number of carbonyl (C=O) groups excluding carboxylic acids is 1. The number of nitro benzene ring substituents is 1. The Morgan fingerprint density at radius 3 is 2.18 bits per heavy atom. The van der Waals surface area contributed by atoms with E-state index in [1.54, 1.807) is 12.1 Å². The van der Waals surface area contributed by atoms with Gasteiger partial charge in [-0.15, -0.1) is 0 Å². The van der Waals surface area contributed by atoms with E-state index in [0.29, 0.717) is 17.0 Å². The number of methoxy groups -OCH3 is 1. The van der Waals surface area contributed by atoms with Gasteiger partial charge in [0.1, 0.15) is 12.3 Å². The molecule has 3 rings (SSSR count). The number of amides is 1. The molecule has 34 heavy (non-hydrogen) atoms. The largest absolute Gasteiger partial charge is 0.497 e. The lowest BCUT2D eigenvalue weighted by Crippen LogP contribution is -2.38. The van der Waals surface area contributed by atoms with Gasteiger partial charge in [0.15, 0.2) is 0 Å². The zero-order valence-electron chi connectivity index (χ0n) is 19.2. The van der Waals surface area contributed by atoms with E-state index < -0.39 is 27.4 Å². The quantitative estimate of drug-likeness (QED) is 0.376. The Bertz CT molecular complexity index is 1320. The van der Waals surface area contributed by atoms with Crippen molar-refractivity contribution >= 4 is 33.0 Å². The number of anilines is 2. The van der Waals surface area contributed by atoms with Crippen LogP contribution in [-0.4, -0.2) is 32.9 Å². The molecular weight excluding hydrogens is 458 g/mol. The second-order valence-corrected chi connectivity index (χ2v) is 9.59. The highest BCUT2D eigenvalue weighted by atomic mass is 32.2. The average molecular weight is 484 g/mol. The van der Waals surface area contributed by atoms with Crippen molar-refractivity contribution in [3.8, 4) is 5.75 Å². The average Bonchev–Trinajstić information content (AvgIpc) is 2.80. The minimum atomic E-state index is -4.33. The number of para-hydroxylation sites is 1. The van der Waals surface area contributed by atoms with Crippen molar-refractivity contribution in [2.75, 3.05) is 23.3 Å². The third-order valence-electron chi connectivity index (χ3n) is 5.36. The molecule has 0 saturated carbocycles. The van der Waals surface area contributed by atoms with E-state index >= 15 is 0 Å². The fourth-order valence-corrected chi connectivity index (χ4v) is 4.90. The number of sulfonamides is 1. The summed E-state index contributed by atoms with van der Waals surface area (Å²) in [6, 6.07) is 15.3. The van der Waals surface area contributed by atoms with Gasteiger partial charge in [0, 0.05) is 17.3 Å². The van der Waals surface area contributed by atoms with E-state index in [1.165, 1.54) is 38.3 Å². The number of hydrogen-bond donors (Lipinski definition) is 1. The predicted octanol–water partition coefficient (Wildman–Crippen LogP) is 4.36. The molecule has 0 bridgehead atoms. The van der Waals surface area contributed by atoms with E-state index in [0.717, 1.165) is 21.5 Å². The molecular formula is C24H25N3O6S. The van der Waals surface area contributed by atoms with Crippen molar-refractivity contribution in [2.45, 2.75) is 25.7 Å². The first-order chi connectivity index (χ1) is 16.0. The van der Waals surface area contributed by atoms with Crippen LogP contribution in [0, 0.1) is 30.9 Å². The molecule has 0 aliphatic rings. The molecule has 0 saturated heterocycles. The van der Waals surface area contributed by atoms with Gasteiger partial charge in [-0.2, -0.15) is 0 Å². The maximum atomic E-state index is 13.6. The minimum absolute atomic E-state index is 0.209. The predicted molar refractivity (Wildman–Crippen MR) is 130 cm³/mol. The van der Waals surface area contributed by atoms with Gasteiger partial charge in [-0.1, -0.05) is 24.3 Å². The Labute approximate surface area is 198 Å². The molecule has 0 aliphatic heterocycles. The topological polar surface area (TPSA) is 119 Å². The summed E-state index contributed by atoms with van der Waals surface area (Å²) in [7, 11) is -2.85. The second-order valence-electron chi connectivity index (χ2n) is 7.73. The van der Waals surface area contributed by atoms with Crippen LogP contribution in [0.15, 0.2) is 65.6 Å². The Hall–Kier alpha value is -3.92. The molecule has 1 N–H and O–H groups in total. The van der Waals surface area contributed by atoms with Gasteiger partial charge >= 0.3 is 0 Å². The lowest BCUT2D eigenvalue weighted by atomic mass is 10.1. The number of benzene rings is 3. The molecule has 10 heteroatoms. The first-order valence-electron chi connectivity index (χ1n) is 10.3. The monoisotopic (exact) mass is 483 g/mol. The number of carbonyl (C=O) groups is 1. The maximum absolute atomic E-state index is 13.6. The number of aryl methyl sites for hydroxylation is 3. The summed E-state index contributed by atoms with van der Waals surface area (Å²) in [6.07, 6.45) is 0. The fraction of sp³-hybridized carbons (Fsp3) is 0.208. The number of ether oxygens (including phenoxy) is 1. The SMILES string of the molecule is COc1ccc(N(CC(=O)Nc2c(C)cccc2C)S(=O)(=O)c2ccc(C)c([N+](=O)[O-])c2)cc1. The summed E-state index contributed by atoms with van der Waals surface area (Å²) in [5.41, 5.74) is 2.48. The second kappa shape index (κ2) is 9.92. The molecule has 9 nitrogen and oxygen atoms in total. The maximum Gasteiger partial charge on any atom is 0.273 e. The Morgan fingerprint density at radius 1 is 1.00 bits per heavy atom. The Morgan fingerprint density at radius 2 is 1.62 bits per heavy atom. The zero-order valence-corrected chi connectivity index (χ0v) is 20.0. The molecule has 0 heterocycles. The van der Waals surface area contributed by atoms with Crippen LogP contribution in [0.25, 0.3) is 0 Å². The summed E-state index contributed by atoms with van der Waals surface area (Å²) in [6.45, 7) is 4.66. The van der Waals surface area contributed by atoms with E-state index in [4.69, 9.17) is 4.74 Å². The number of hydrogen-bond acceptors (Lipinski definition) is 6. The lowest BCUT2D eigenvalue weighted by Gasteiger charge is -2.24. The molecule has 0 fully saturated rings. The zero-order chi connectivity index (χ0) is 25.0. The number of nitrogens with zero attached hydrogens (tertiary/aromatic N) is 2. The number of nitrogens with one attached hydrogen (secondary N) is 1. The van der Waals surface area contributed by atoms with E-state index in [9.17, 15) is 23.3 Å². The van der Waals surface area contributed by atoms with Gasteiger partial charge in [-0.25, -0.2) is 8.42 Å². The van der Waals surface area contributed by atoms with Gasteiger partial charge in [-0.3, -0.25) is 19.2 Å². The van der Waals surface area contributed by atoms with Crippen LogP contribution in [-0.2, 0) is 14.8 Å². The van der Waals surface area contributed by atoms with Crippen molar-refractivity contribution < 1.29 is 22.9 Å². The van der Waals surface area contributed by atoms with Crippen LogP contribution in [0.4, 0.5) is 17.1 Å². The van der Waals surface area contributed by atoms with Crippen molar-refractivity contribution in [3.05, 3.63) is 87.5 Å². The highest BCUT2D eigenvalue weighted by molar-refractivity contribution is 7.92. The Balaban J connectivity index is 2.04. The highest BCUT2D eigenvalue weighted by Gasteiger charge is 2.29. The molecule has 0 aromatic heterocycles. The molecule has 3 aromatic carbocycles. The van der Waals surface area contributed by atoms with Crippen molar-refractivity contribution in [1.82, 2.24) is 0 Å². The molecule has 0 aliphatic carbocycles. The molecule has 1 amide bonds. The van der Waals surface area contributed by atoms with Crippen molar-refractivity contribution in [3.63, 3.8) is 0 Å². The van der Waals surface area contributed by atoms with Crippen molar-refractivity contribution in [2.24, 2.45) is 0 Å². The third kappa shape index (κ3) is 5.18. The molecule has 3 aromatic rings.